The lowest BCUT2D eigenvalue weighted by molar-refractivity contribution is 0.475. The zero-order chi connectivity index (χ0) is 12.7. The molecule has 0 atom stereocenters. The van der Waals surface area contributed by atoms with Gasteiger partial charge in [0.15, 0.2) is 10.7 Å². The van der Waals surface area contributed by atoms with Crippen molar-refractivity contribution in [2.75, 3.05) is 5.73 Å². The molecular formula is C12H8N2O3S. The summed E-state index contributed by atoms with van der Waals surface area (Å²) in [5.41, 5.74) is 6.29. The number of benzene rings is 1. The third-order valence-electron chi connectivity index (χ3n) is 2.55. The van der Waals surface area contributed by atoms with Gasteiger partial charge >= 0.3 is 5.63 Å². The minimum atomic E-state index is -0.474. The van der Waals surface area contributed by atoms with E-state index in [2.05, 4.69) is 4.98 Å². The first-order valence-corrected chi connectivity index (χ1v) is 6.00. The number of nitrogens with two attached hydrogens (primary N) is 1. The molecule has 6 heteroatoms. The van der Waals surface area contributed by atoms with Gasteiger partial charge in [0.1, 0.15) is 5.75 Å². The van der Waals surface area contributed by atoms with Crippen molar-refractivity contribution in [1.29, 1.82) is 0 Å². The van der Waals surface area contributed by atoms with Crippen molar-refractivity contribution < 1.29 is 9.52 Å². The molecule has 0 bridgehead atoms. The molecule has 2 heterocycles. The second kappa shape index (κ2) is 3.85. The molecule has 3 rings (SSSR count). The maximum atomic E-state index is 11.3. The summed E-state index contributed by atoms with van der Waals surface area (Å²) in [6, 6.07) is 6.18. The quantitative estimate of drug-likeness (QED) is 0.655. The molecule has 0 aliphatic carbocycles. The number of thiazole rings is 1. The Morgan fingerprint density at radius 1 is 1.28 bits per heavy atom. The number of rotatable bonds is 1. The molecule has 3 N–H and O–H groups in total. The van der Waals surface area contributed by atoms with Gasteiger partial charge in [-0.1, -0.05) is 0 Å². The second-order valence-corrected chi connectivity index (χ2v) is 4.59. The Kier molecular flexibility index (Phi) is 2.31. The molecule has 5 nitrogen and oxygen atoms in total. The molecule has 0 aliphatic heterocycles. The first kappa shape index (κ1) is 10.8. The average molecular weight is 260 g/mol. The molecule has 3 aromatic rings. The van der Waals surface area contributed by atoms with Gasteiger partial charge in [0.2, 0.25) is 0 Å². The van der Waals surface area contributed by atoms with E-state index in [0.29, 0.717) is 27.4 Å². The predicted molar refractivity (Wildman–Crippen MR) is 69.7 cm³/mol. The molecule has 90 valence electrons. The zero-order valence-corrected chi connectivity index (χ0v) is 9.90. The summed E-state index contributed by atoms with van der Waals surface area (Å²) in [4.78, 5) is 15.4. The Morgan fingerprint density at radius 2 is 2.06 bits per heavy atom. The van der Waals surface area contributed by atoms with Crippen LogP contribution < -0.4 is 11.4 Å². The van der Waals surface area contributed by atoms with Crippen LogP contribution in [0.5, 0.6) is 5.75 Å². The van der Waals surface area contributed by atoms with Gasteiger partial charge < -0.3 is 15.3 Å². The fourth-order valence-electron chi connectivity index (χ4n) is 1.77. The van der Waals surface area contributed by atoms with Crippen LogP contribution in [0.25, 0.3) is 22.2 Å². The highest BCUT2D eigenvalue weighted by Crippen LogP contribution is 2.36. The number of nitrogens with zero attached hydrogens (tertiary/aromatic N) is 1. The number of fused-ring (bicyclic) bond motifs is 1. The van der Waals surface area contributed by atoms with Gasteiger partial charge in [0, 0.05) is 16.8 Å². The number of anilines is 1. The van der Waals surface area contributed by atoms with Crippen LogP contribution >= 0.6 is 11.3 Å². The molecule has 0 amide bonds. The van der Waals surface area contributed by atoms with E-state index in [-0.39, 0.29) is 5.75 Å². The normalized spacial score (nSPS) is 10.9. The van der Waals surface area contributed by atoms with E-state index in [4.69, 9.17) is 10.2 Å². The van der Waals surface area contributed by atoms with Gasteiger partial charge in [-0.05, 0) is 18.2 Å². The minimum absolute atomic E-state index is 0.00199. The number of aromatic hydroxyl groups is 1. The molecule has 0 saturated heterocycles. The van der Waals surface area contributed by atoms with Gasteiger partial charge in [-0.3, -0.25) is 0 Å². The number of aromatic nitrogens is 1. The van der Waals surface area contributed by atoms with E-state index in [1.807, 2.05) is 0 Å². The lowest BCUT2D eigenvalue weighted by Gasteiger charge is -2.04. The fraction of sp³-hybridized carbons (Fsp3) is 0. The van der Waals surface area contributed by atoms with Crippen LogP contribution in [0, 0.1) is 0 Å². The maximum Gasteiger partial charge on any atom is 0.336 e. The predicted octanol–water partition coefficient (Wildman–Crippen LogP) is 2.20. The topological polar surface area (TPSA) is 89.4 Å². The van der Waals surface area contributed by atoms with Crippen LogP contribution in [0.3, 0.4) is 0 Å². The lowest BCUT2D eigenvalue weighted by atomic mass is 10.1. The van der Waals surface area contributed by atoms with E-state index in [1.54, 1.807) is 17.5 Å². The van der Waals surface area contributed by atoms with Crippen LogP contribution in [0.4, 0.5) is 5.13 Å². The molecule has 0 spiro atoms. The smallest absolute Gasteiger partial charge is 0.336 e. The van der Waals surface area contributed by atoms with Crippen molar-refractivity contribution in [3.05, 3.63) is 40.1 Å². The van der Waals surface area contributed by atoms with E-state index < -0.39 is 5.63 Å². The van der Waals surface area contributed by atoms with Gasteiger partial charge in [-0.2, -0.15) is 0 Å². The molecule has 0 aliphatic rings. The summed E-state index contributed by atoms with van der Waals surface area (Å²) in [6.07, 6.45) is 0. The van der Waals surface area contributed by atoms with Crippen molar-refractivity contribution in [2.45, 2.75) is 0 Å². The number of phenolic OH excluding ortho intramolecular Hbond substituents is 1. The summed E-state index contributed by atoms with van der Waals surface area (Å²) in [5, 5.41) is 12.7. The van der Waals surface area contributed by atoms with Gasteiger partial charge in [-0.15, -0.1) is 11.3 Å². The Hall–Kier alpha value is -2.34. The van der Waals surface area contributed by atoms with Crippen LogP contribution in [-0.2, 0) is 0 Å². The first-order chi connectivity index (χ1) is 8.65. The Balaban J connectivity index is 2.42. The molecule has 0 saturated carbocycles. The van der Waals surface area contributed by atoms with Crippen molar-refractivity contribution in [2.24, 2.45) is 0 Å². The van der Waals surface area contributed by atoms with Crippen LogP contribution in [0.1, 0.15) is 0 Å². The molecule has 0 radical (unpaired) electrons. The van der Waals surface area contributed by atoms with Crippen LogP contribution in [-0.4, -0.2) is 10.1 Å². The standard InChI is InChI=1S/C12H8N2O3S/c13-12-14-7(5-18-12)10-8(15)3-1-6-2-4-9(16)17-11(6)10/h1-5,15H,(H2,13,14). The molecule has 2 aromatic heterocycles. The summed E-state index contributed by atoms with van der Waals surface area (Å²) < 4.78 is 5.15. The lowest BCUT2D eigenvalue weighted by Crippen LogP contribution is -1.96. The maximum absolute atomic E-state index is 11.3. The Bertz CT molecular complexity index is 791. The Labute approximate surface area is 105 Å². The monoisotopic (exact) mass is 260 g/mol. The van der Waals surface area contributed by atoms with Gasteiger partial charge in [-0.25, -0.2) is 9.78 Å². The molecule has 0 unspecified atom stereocenters. The summed E-state index contributed by atoms with van der Waals surface area (Å²) in [5.74, 6) is 0.00199. The zero-order valence-electron chi connectivity index (χ0n) is 9.08. The highest BCUT2D eigenvalue weighted by atomic mass is 32.1. The summed E-state index contributed by atoms with van der Waals surface area (Å²) in [6.45, 7) is 0. The highest BCUT2D eigenvalue weighted by molar-refractivity contribution is 7.13. The van der Waals surface area contributed by atoms with Crippen LogP contribution in [0.15, 0.2) is 38.9 Å². The van der Waals surface area contributed by atoms with Crippen molar-refractivity contribution in [1.82, 2.24) is 4.98 Å². The van der Waals surface area contributed by atoms with E-state index in [9.17, 15) is 9.90 Å². The van der Waals surface area contributed by atoms with E-state index >= 15 is 0 Å². The molecule has 1 aromatic carbocycles. The third kappa shape index (κ3) is 1.63. The minimum Gasteiger partial charge on any atom is -0.507 e. The fourth-order valence-corrected chi connectivity index (χ4v) is 2.33. The van der Waals surface area contributed by atoms with Crippen molar-refractivity contribution in [3.8, 4) is 17.0 Å². The second-order valence-electron chi connectivity index (χ2n) is 3.70. The van der Waals surface area contributed by atoms with E-state index in [0.717, 1.165) is 0 Å². The first-order valence-electron chi connectivity index (χ1n) is 5.12. The van der Waals surface area contributed by atoms with Crippen LogP contribution in [0.2, 0.25) is 0 Å². The average Bonchev–Trinajstić information content (AvgIpc) is 2.75. The summed E-state index contributed by atoms with van der Waals surface area (Å²) in [7, 11) is 0. The molecule has 0 fully saturated rings. The SMILES string of the molecule is Nc1nc(-c2c(O)ccc3ccc(=O)oc23)cs1. The molecular weight excluding hydrogens is 252 g/mol. The van der Waals surface area contributed by atoms with E-state index in [1.165, 1.54) is 23.5 Å². The number of nitrogen functional groups attached to an aromatic ring is 1. The number of phenols is 1. The summed E-state index contributed by atoms with van der Waals surface area (Å²) >= 11 is 1.26. The largest absolute Gasteiger partial charge is 0.507 e. The Morgan fingerprint density at radius 3 is 2.78 bits per heavy atom. The third-order valence-corrected chi connectivity index (χ3v) is 3.22. The van der Waals surface area contributed by atoms with Gasteiger partial charge in [0.25, 0.3) is 0 Å². The van der Waals surface area contributed by atoms with Crippen molar-refractivity contribution in [3.63, 3.8) is 0 Å². The van der Waals surface area contributed by atoms with Gasteiger partial charge in [0.05, 0.1) is 11.3 Å². The van der Waals surface area contributed by atoms with Crippen molar-refractivity contribution >= 4 is 27.4 Å². The molecule has 18 heavy (non-hydrogen) atoms. The number of hydrogen-bond acceptors (Lipinski definition) is 6. The highest BCUT2D eigenvalue weighted by Gasteiger charge is 2.14. The number of hydrogen-bond donors (Lipinski definition) is 2.